The Morgan fingerprint density at radius 2 is 1.19 bits per heavy atom. The zero-order valence-electron chi connectivity index (χ0n) is 27.5. The topological polar surface area (TPSA) is 32.6 Å². The second-order valence-corrected chi connectivity index (χ2v) is 16.6. The van der Waals surface area contributed by atoms with Crippen molar-refractivity contribution in [3.05, 3.63) is 121 Å². The molecule has 3 aliphatic rings. The monoisotopic (exact) mass is 635 g/mol. The van der Waals surface area contributed by atoms with Crippen molar-refractivity contribution in [2.24, 2.45) is 10.9 Å². The van der Waals surface area contributed by atoms with Crippen molar-refractivity contribution in [3.8, 4) is 28.0 Å². The fourth-order valence-electron chi connectivity index (χ4n) is 9.23. The SMILES string of the molecule is Oc1c(C2(C3CCCCC3)CCP(C3CCCCC3)C2=Nc2c(-c3ccccc3)cccc2-c2ccccc2)ccc2ccccc12. The predicted octanol–water partition coefficient (Wildman–Crippen LogP) is 12.6. The van der Waals surface area contributed by atoms with Crippen molar-refractivity contribution in [2.75, 3.05) is 6.16 Å². The highest BCUT2D eigenvalue weighted by Gasteiger charge is 2.54. The second-order valence-electron chi connectivity index (χ2n) is 14.1. The molecule has 5 aromatic rings. The fourth-order valence-corrected chi connectivity index (χ4v) is 12.9. The van der Waals surface area contributed by atoms with E-state index in [2.05, 4.69) is 115 Å². The van der Waals surface area contributed by atoms with E-state index in [1.165, 1.54) is 98.1 Å². The highest BCUT2D eigenvalue weighted by atomic mass is 31.1. The van der Waals surface area contributed by atoms with Gasteiger partial charge in [0.1, 0.15) is 5.75 Å². The Hall–Kier alpha value is -3.74. The lowest BCUT2D eigenvalue weighted by atomic mass is 9.63. The molecule has 2 atom stereocenters. The van der Waals surface area contributed by atoms with Gasteiger partial charge in [0.2, 0.25) is 0 Å². The molecule has 0 radical (unpaired) electrons. The molecule has 2 saturated carbocycles. The maximum Gasteiger partial charge on any atom is 0.127 e. The number of hydrogen-bond acceptors (Lipinski definition) is 2. The average Bonchev–Trinajstić information content (AvgIpc) is 3.53. The molecule has 238 valence electrons. The maximum absolute atomic E-state index is 12.3. The first-order valence-electron chi connectivity index (χ1n) is 18.0. The first-order valence-corrected chi connectivity index (χ1v) is 19.6. The molecule has 5 aromatic carbocycles. The van der Waals surface area contributed by atoms with E-state index in [1.807, 2.05) is 0 Å². The Labute approximate surface area is 281 Å². The van der Waals surface area contributed by atoms with Crippen molar-refractivity contribution in [1.82, 2.24) is 0 Å². The Balaban J connectivity index is 1.43. The van der Waals surface area contributed by atoms with E-state index in [4.69, 9.17) is 4.99 Å². The van der Waals surface area contributed by atoms with Crippen LogP contribution in [0.25, 0.3) is 33.0 Å². The van der Waals surface area contributed by atoms with Gasteiger partial charge in [-0.3, -0.25) is 4.99 Å². The molecule has 2 unspecified atom stereocenters. The number of para-hydroxylation sites is 1. The Kier molecular flexibility index (Phi) is 8.72. The van der Waals surface area contributed by atoms with E-state index in [9.17, 15) is 5.11 Å². The van der Waals surface area contributed by atoms with Crippen LogP contribution in [0.5, 0.6) is 5.75 Å². The molecule has 1 saturated heterocycles. The zero-order chi connectivity index (χ0) is 31.6. The molecule has 3 fully saturated rings. The third-order valence-electron chi connectivity index (χ3n) is 11.5. The molecular formula is C44H46NOP. The maximum atomic E-state index is 12.3. The zero-order valence-corrected chi connectivity index (χ0v) is 28.3. The van der Waals surface area contributed by atoms with Gasteiger partial charge in [0.15, 0.2) is 0 Å². The van der Waals surface area contributed by atoms with Crippen LogP contribution in [0.3, 0.4) is 0 Å². The van der Waals surface area contributed by atoms with Crippen LogP contribution >= 0.6 is 7.92 Å². The van der Waals surface area contributed by atoms with E-state index in [0.29, 0.717) is 11.7 Å². The summed E-state index contributed by atoms with van der Waals surface area (Å²) in [5.41, 5.74) is 8.95. The van der Waals surface area contributed by atoms with Gasteiger partial charge in [-0.05, 0) is 66.4 Å². The molecule has 8 rings (SSSR count). The van der Waals surface area contributed by atoms with Gasteiger partial charge >= 0.3 is 0 Å². The number of rotatable bonds is 6. The quantitative estimate of drug-likeness (QED) is 0.185. The van der Waals surface area contributed by atoms with Gasteiger partial charge in [-0.2, -0.15) is 0 Å². The van der Waals surface area contributed by atoms with E-state index in [0.717, 1.165) is 34.1 Å². The molecule has 1 aliphatic heterocycles. The number of nitrogens with zero attached hydrogens (tertiary/aromatic N) is 1. The van der Waals surface area contributed by atoms with Crippen molar-refractivity contribution in [3.63, 3.8) is 0 Å². The summed E-state index contributed by atoms with van der Waals surface area (Å²) in [5.74, 6) is 0.976. The second kappa shape index (κ2) is 13.4. The number of benzene rings is 5. The minimum absolute atomic E-state index is 0.255. The van der Waals surface area contributed by atoms with Gasteiger partial charge in [0, 0.05) is 27.5 Å². The van der Waals surface area contributed by atoms with Gasteiger partial charge in [-0.1, -0.05) is 162 Å². The summed E-state index contributed by atoms with van der Waals surface area (Å²) >= 11 is 0. The number of aromatic hydroxyl groups is 1. The summed E-state index contributed by atoms with van der Waals surface area (Å²) in [5, 5.41) is 14.4. The van der Waals surface area contributed by atoms with E-state index in [-0.39, 0.29) is 5.41 Å². The lowest BCUT2D eigenvalue weighted by Crippen LogP contribution is -2.41. The van der Waals surface area contributed by atoms with Crippen LogP contribution in [0, 0.1) is 5.92 Å². The summed E-state index contributed by atoms with van der Waals surface area (Å²) in [6.45, 7) is 0. The predicted molar refractivity (Wildman–Crippen MR) is 202 cm³/mol. The van der Waals surface area contributed by atoms with Crippen molar-refractivity contribution >= 4 is 29.8 Å². The average molecular weight is 636 g/mol. The largest absolute Gasteiger partial charge is 0.507 e. The fraction of sp³-hybridized carbons (Fsp3) is 0.341. The van der Waals surface area contributed by atoms with Crippen LogP contribution in [-0.4, -0.2) is 22.4 Å². The van der Waals surface area contributed by atoms with Crippen LogP contribution in [0.1, 0.15) is 76.2 Å². The van der Waals surface area contributed by atoms with Gasteiger partial charge in [0.05, 0.1) is 11.1 Å². The molecular weight excluding hydrogens is 589 g/mol. The molecule has 0 aromatic heterocycles. The number of fused-ring (bicyclic) bond motifs is 1. The van der Waals surface area contributed by atoms with Crippen LogP contribution in [-0.2, 0) is 5.41 Å². The number of phenols is 1. The summed E-state index contributed by atoms with van der Waals surface area (Å²) in [7, 11) is -0.466. The lowest BCUT2D eigenvalue weighted by Gasteiger charge is -2.43. The smallest absolute Gasteiger partial charge is 0.127 e. The summed E-state index contributed by atoms with van der Waals surface area (Å²) in [6.07, 6.45) is 15.3. The van der Waals surface area contributed by atoms with Crippen molar-refractivity contribution in [2.45, 2.75) is 81.7 Å². The first-order chi connectivity index (χ1) is 23.2. The lowest BCUT2D eigenvalue weighted by molar-refractivity contribution is 0.257. The van der Waals surface area contributed by atoms with Gasteiger partial charge in [-0.25, -0.2) is 0 Å². The van der Waals surface area contributed by atoms with Crippen molar-refractivity contribution < 1.29 is 5.11 Å². The summed E-state index contributed by atoms with van der Waals surface area (Å²) in [6, 6.07) is 41.4. The van der Waals surface area contributed by atoms with Crippen LogP contribution in [0.4, 0.5) is 5.69 Å². The first kappa shape index (κ1) is 30.6. The van der Waals surface area contributed by atoms with E-state index < -0.39 is 7.92 Å². The number of aliphatic imine (C=N–C) groups is 1. The van der Waals surface area contributed by atoms with Gasteiger partial charge < -0.3 is 5.11 Å². The van der Waals surface area contributed by atoms with E-state index >= 15 is 0 Å². The van der Waals surface area contributed by atoms with Crippen LogP contribution in [0.15, 0.2) is 120 Å². The molecule has 47 heavy (non-hydrogen) atoms. The minimum atomic E-state index is -0.466. The summed E-state index contributed by atoms with van der Waals surface area (Å²) in [4.78, 5) is 6.13. The van der Waals surface area contributed by atoms with Gasteiger partial charge in [0.25, 0.3) is 0 Å². The number of phenolic OH excluding ortho intramolecular Hbond substituents is 1. The normalized spacial score (nSPS) is 23.4. The molecule has 0 bridgehead atoms. The highest BCUT2D eigenvalue weighted by Crippen LogP contribution is 2.66. The third kappa shape index (κ3) is 5.63. The third-order valence-corrected chi connectivity index (χ3v) is 14.7. The Morgan fingerprint density at radius 1 is 0.596 bits per heavy atom. The summed E-state index contributed by atoms with van der Waals surface area (Å²) < 4.78 is 0. The Bertz CT molecular complexity index is 1810. The molecule has 0 spiro atoms. The molecule has 2 nitrogen and oxygen atoms in total. The standard InChI is InChI=1S/C44H46NOP/c46-42-39-25-14-13-20-34(39)28-29-40(42)44(35-21-9-3-10-22-35)30-31-47(36-23-11-4-12-24-36)43(44)45-41-37(32-16-5-1-6-17-32)26-15-27-38(41)33-18-7-2-8-19-33/h1-2,5-8,13-20,25-29,35-36,46H,3-4,9-12,21-24,30-31H2. The van der Waals surface area contributed by atoms with E-state index in [1.54, 1.807) is 0 Å². The van der Waals surface area contributed by atoms with Crippen LogP contribution < -0.4 is 0 Å². The molecule has 1 heterocycles. The molecule has 3 heteroatoms. The van der Waals surface area contributed by atoms with Crippen molar-refractivity contribution in [1.29, 1.82) is 0 Å². The number of hydrogen-bond donors (Lipinski definition) is 1. The molecule has 0 amide bonds. The Morgan fingerprint density at radius 3 is 1.85 bits per heavy atom. The molecule has 1 N–H and O–H groups in total. The minimum Gasteiger partial charge on any atom is -0.507 e. The molecule has 2 aliphatic carbocycles. The van der Waals surface area contributed by atoms with Gasteiger partial charge in [-0.15, -0.1) is 0 Å². The highest BCUT2D eigenvalue weighted by molar-refractivity contribution is 7.76. The van der Waals surface area contributed by atoms with Crippen LogP contribution in [0.2, 0.25) is 0 Å².